The average molecular weight is 476 g/mol. The number of likely N-dealkylation sites (N-methyl/N-ethyl adjacent to an activating group) is 1. The number of rotatable bonds is 7. The molecule has 0 unspecified atom stereocenters. The molecule has 33 heavy (non-hydrogen) atoms. The van der Waals surface area contributed by atoms with Gasteiger partial charge in [-0.3, -0.25) is 9.69 Å². The third kappa shape index (κ3) is 6.82. The molecule has 2 aromatic rings. The number of benzene rings is 2. The number of aryl methyl sites for hydroxylation is 1. The van der Waals surface area contributed by atoms with Crippen LogP contribution in [0.25, 0.3) is 0 Å². The van der Waals surface area contributed by atoms with E-state index >= 15 is 0 Å². The van der Waals surface area contributed by atoms with Crippen LogP contribution in [0.1, 0.15) is 37.5 Å². The third-order valence-electron chi connectivity index (χ3n) is 5.02. The van der Waals surface area contributed by atoms with E-state index < -0.39 is 5.09 Å². The maximum atomic E-state index is 13.0. The van der Waals surface area contributed by atoms with Gasteiger partial charge in [0.15, 0.2) is 0 Å². The fourth-order valence-electron chi connectivity index (χ4n) is 3.36. The van der Waals surface area contributed by atoms with Gasteiger partial charge in [0.05, 0.1) is 17.1 Å². The quantitative estimate of drug-likeness (QED) is 0.364. The Kier molecular flexibility index (Phi) is 9.47. The molecule has 0 radical (unpaired) electrons. The Morgan fingerprint density at radius 2 is 1.85 bits per heavy atom. The number of anilines is 1. The maximum absolute atomic E-state index is 13.0. The number of amides is 1. The molecule has 0 atom stereocenters. The predicted molar refractivity (Wildman–Crippen MR) is 130 cm³/mol. The number of halogens is 1. The lowest BCUT2D eigenvalue weighted by Crippen LogP contribution is -2.37. The summed E-state index contributed by atoms with van der Waals surface area (Å²) in [5.41, 5.74) is 9.45. The molecule has 2 aromatic carbocycles. The van der Waals surface area contributed by atoms with Crippen molar-refractivity contribution in [2.75, 3.05) is 25.9 Å². The van der Waals surface area contributed by atoms with Gasteiger partial charge >= 0.3 is 0 Å². The molecule has 0 saturated carbocycles. The van der Waals surface area contributed by atoms with Crippen LogP contribution >= 0.6 is 11.6 Å². The molecule has 0 spiro atoms. The Hall–Kier alpha value is -3.33. The number of hydrogen-bond acceptors (Lipinski definition) is 6. The van der Waals surface area contributed by atoms with E-state index in [1.807, 2.05) is 38.8 Å². The highest BCUT2D eigenvalue weighted by atomic mass is 35.5. The van der Waals surface area contributed by atoms with Gasteiger partial charge in [0, 0.05) is 25.8 Å². The summed E-state index contributed by atoms with van der Waals surface area (Å²) in [7, 11) is 1.88. The highest BCUT2D eigenvalue weighted by Gasteiger charge is 2.29. The number of aliphatic imine (C=N–C) groups is 1. The first kappa shape index (κ1) is 25.9. The molecular weight excluding hydrogens is 446 g/mol. The van der Waals surface area contributed by atoms with Crippen LogP contribution in [-0.4, -0.2) is 46.9 Å². The first-order valence-electron chi connectivity index (χ1n) is 10.8. The molecule has 0 aliphatic carbocycles. The Morgan fingerprint density at radius 1 is 1.21 bits per heavy atom. The molecule has 1 fully saturated rings. The van der Waals surface area contributed by atoms with Crippen molar-refractivity contribution in [3.63, 3.8) is 0 Å². The van der Waals surface area contributed by atoms with E-state index in [1.54, 1.807) is 35.2 Å². The fourth-order valence-corrected chi connectivity index (χ4v) is 3.65. The first-order valence-corrected chi connectivity index (χ1v) is 11.2. The van der Waals surface area contributed by atoms with E-state index in [9.17, 15) is 14.9 Å². The van der Waals surface area contributed by atoms with Crippen molar-refractivity contribution in [3.05, 3.63) is 68.2 Å². The Bertz CT molecular complexity index is 1010. The average Bonchev–Trinajstić information content (AvgIpc) is 3.16. The highest BCUT2D eigenvalue weighted by Crippen LogP contribution is 2.33. The molecule has 1 saturated heterocycles. The van der Waals surface area contributed by atoms with Crippen molar-refractivity contribution in [2.24, 2.45) is 4.99 Å². The minimum Gasteiger partial charge on any atom is -0.399 e. The van der Waals surface area contributed by atoms with E-state index in [0.717, 1.165) is 11.1 Å². The Labute approximate surface area is 198 Å². The normalized spacial score (nSPS) is 14.2. The number of nitrogen functional groups attached to an aromatic ring is 1. The minimum atomic E-state index is -0.834. The van der Waals surface area contributed by atoms with Gasteiger partial charge in [0.1, 0.15) is 6.61 Å². The van der Waals surface area contributed by atoms with Crippen molar-refractivity contribution < 1.29 is 14.7 Å². The van der Waals surface area contributed by atoms with Crippen LogP contribution in [0.4, 0.5) is 11.4 Å². The summed E-state index contributed by atoms with van der Waals surface area (Å²) in [4.78, 5) is 36.0. The van der Waals surface area contributed by atoms with Gasteiger partial charge in [0.25, 0.3) is 5.09 Å². The summed E-state index contributed by atoms with van der Waals surface area (Å²) in [6.07, 6.45) is 0.889. The zero-order valence-corrected chi connectivity index (χ0v) is 20.1. The van der Waals surface area contributed by atoms with Crippen LogP contribution in [0.3, 0.4) is 0 Å². The number of guanidine groups is 1. The molecule has 0 aromatic heterocycles. The highest BCUT2D eigenvalue weighted by molar-refractivity contribution is 6.33. The van der Waals surface area contributed by atoms with Gasteiger partial charge < -0.3 is 15.5 Å². The van der Waals surface area contributed by atoms with E-state index in [2.05, 4.69) is 4.84 Å². The van der Waals surface area contributed by atoms with Crippen molar-refractivity contribution in [3.8, 4) is 0 Å². The van der Waals surface area contributed by atoms with E-state index in [4.69, 9.17) is 22.3 Å². The van der Waals surface area contributed by atoms with Gasteiger partial charge in [-0.1, -0.05) is 56.6 Å². The third-order valence-corrected chi connectivity index (χ3v) is 5.30. The van der Waals surface area contributed by atoms with Crippen molar-refractivity contribution in [2.45, 2.75) is 40.2 Å². The summed E-state index contributed by atoms with van der Waals surface area (Å²) in [6.45, 7) is 7.06. The lowest BCUT2D eigenvalue weighted by atomic mass is 10.1. The van der Waals surface area contributed by atoms with E-state index in [1.165, 1.54) is 0 Å². The zero-order valence-electron chi connectivity index (χ0n) is 19.4. The molecule has 1 heterocycles. The van der Waals surface area contributed by atoms with E-state index in [0.29, 0.717) is 47.4 Å². The molecular formula is C23H30ClN5O4. The van der Waals surface area contributed by atoms with Crippen molar-refractivity contribution >= 4 is 34.8 Å². The summed E-state index contributed by atoms with van der Waals surface area (Å²) in [5, 5.41) is 9.92. The van der Waals surface area contributed by atoms with Crippen LogP contribution in [0.15, 0.2) is 41.4 Å². The second-order valence-corrected chi connectivity index (χ2v) is 7.64. The summed E-state index contributed by atoms with van der Waals surface area (Å²) in [5.74, 6) is 0.449. The minimum absolute atomic E-state index is 0.0954. The fraction of sp³-hybridized carbons (Fsp3) is 0.391. The summed E-state index contributed by atoms with van der Waals surface area (Å²) < 4.78 is 0. The van der Waals surface area contributed by atoms with Gasteiger partial charge in [0.2, 0.25) is 11.9 Å². The number of nitrogens with two attached hydrogens (primary N) is 1. The second-order valence-electron chi connectivity index (χ2n) is 7.23. The van der Waals surface area contributed by atoms with Gasteiger partial charge in [-0.05, 0) is 35.2 Å². The smallest absolute Gasteiger partial charge is 0.294 e. The summed E-state index contributed by atoms with van der Waals surface area (Å²) in [6, 6.07) is 10.4. The lowest BCUT2D eigenvalue weighted by Gasteiger charge is -2.20. The van der Waals surface area contributed by atoms with Crippen LogP contribution < -0.4 is 5.73 Å². The molecule has 2 N–H and O–H groups in total. The van der Waals surface area contributed by atoms with Crippen molar-refractivity contribution in [1.82, 2.24) is 9.80 Å². The van der Waals surface area contributed by atoms with Gasteiger partial charge in [-0.2, -0.15) is 0 Å². The zero-order chi connectivity index (χ0) is 24.5. The topological polar surface area (TPSA) is 114 Å². The molecule has 0 bridgehead atoms. The van der Waals surface area contributed by atoms with Gasteiger partial charge in [-0.15, -0.1) is 10.1 Å². The molecule has 1 aliphatic rings. The molecule has 1 aliphatic heterocycles. The van der Waals surface area contributed by atoms with Crippen LogP contribution in [0, 0.1) is 10.1 Å². The first-order chi connectivity index (χ1) is 15.8. The number of hydrogen-bond donors (Lipinski definition) is 1. The summed E-state index contributed by atoms with van der Waals surface area (Å²) >= 11 is 6.40. The van der Waals surface area contributed by atoms with Crippen LogP contribution in [-0.2, 0) is 29.1 Å². The van der Waals surface area contributed by atoms with E-state index in [-0.39, 0.29) is 18.9 Å². The second kappa shape index (κ2) is 12.1. The SMILES string of the molecule is CC.CCc1cc(N)cc(Cl)c1N=C1N(C)CCN1C(=O)Cc1ccc(CO[N+](=O)[O-])cc1. The molecule has 1 amide bonds. The van der Waals surface area contributed by atoms with Crippen LogP contribution in [0.5, 0.6) is 0 Å². The number of nitrogens with zero attached hydrogens (tertiary/aromatic N) is 4. The molecule has 178 valence electrons. The molecule has 3 rings (SSSR count). The monoisotopic (exact) mass is 475 g/mol. The standard InChI is InChI=1S/C21H24ClN5O4.C2H6/c1-3-16-11-17(23)12-18(22)20(16)24-21-25(2)8-9-26(21)19(28)10-14-4-6-15(7-5-14)13-31-27(29)30;1-2/h4-7,11-12H,3,8-10,13,23H2,1-2H3;1-2H3. The predicted octanol–water partition coefficient (Wildman–Crippen LogP) is 4.22. The Balaban J connectivity index is 0.00000187. The molecule has 10 heteroatoms. The van der Waals surface area contributed by atoms with Crippen LogP contribution in [0.2, 0.25) is 5.02 Å². The largest absolute Gasteiger partial charge is 0.399 e. The number of carbonyl (C=O) groups excluding carboxylic acids is 1. The Morgan fingerprint density at radius 3 is 2.45 bits per heavy atom. The van der Waals surface area contributed by atoms with Crippen molar-refractivity contribution in [1.29, 1.82) is 0 Å². The molecule has 9 nitrogen and oxygen atoms in total. The number of carbonyl (C=O) groups is 1. The lowest BCUT2D eigenvalue weighted by molar-refractivity contribution is -0.763. The van der Waals surface area contributed by atoms with Gasteiger partial charge in [-0.25, -0.2) is 4.99 Å². The maximum Gasteiger partial charge on any atom is 0.294 e.